The number of nitriles is 1. The lowest BCUT2D eigenvalue weighted by Crippen LogP contribution is -2.01. The SMILES string of the molecule is CSc1nc2c(c(-c3ccc(F)cc3C)n1)C(C#N)CN2. The van der Waals surface area contributed by atoms with Crippen LogP contribution in [0.1, 0.15) is 17.0 Å². The number of hydrogen-bond acceptors (Lipinski definition) is 5. The molecule has 4 nitrogen and oxygen atoms in total. The van der Waals surface area contributed by atoms with Crippen LogP contribution in [-0.4, -0.2) is 22.8 Å². The van der Waals surface area contributed by atoms with Crippen LogP contribution in [0.25, 0.3) is 11.3 Å². The summed E-state index contributed by atoms with van der Waals surface area (Å²) in [4.78, 5) is 8.98. The van der Waals surface area contributed by atoms with Crippen molar-refractivity contribution in [2.24, 2.45) is 0 Å². The van der Waals surface area contributed by atoms with Gasteiger partial charge in [-0.2, -0.15) is 5.26 Å². The predicted molar refractivity (Wildman–Crippen MR) is 80.8 cm³/mol. The zero-order valence-electron chi connectivity index (χ0n) is 11.6. The molecule has 1 aliphatic rings. The largest absolute Gasteiger partial charge is 0.368 e. The van der Waals surface area contributed by atoms with Crippen LogP contribution in [-0.2, 0) is 0 Å². The zero-order valence-corrected chi connectivity index (χ0v) is 12.5. The Hall–Kier alpha value is -2.13. The molecule has 0 saturated carbocycles. The summed E-state index contributed by atoms with van der Waals surface area (Å²) in [7, 11) is 0. The zero-order chi connectivity index (χ0) is 15.0. The molecule has 0 saturated heterocycles. The quantitative estimate of drug-likeness (QED) is 0.681. The second-order valence-corrected chi connectivity index (χ2v) is 5.62. The molecule has 2 heterocycles. The van der Waals surface area contributed by atoms with Crippen LogP contribution in [0.2, 0.25) is 0 Å². The fourth-order valence-corrected chi connectivity index (χ4v) is 2.88. The fourth-order valence-electron chi connectivity index (χ4n) is 2.51. The maximum Gasteiger partial charge on any atom is 0.189 e. The summed E-state index contributed by atoms with van der Waals surface area (Å²) in [6, 6.07) is 6.88. The number of nitrogens with one attached hydrogen (secondary N) is 1. The van der Waals surface area contributed by atoms with Crippen LogP contribution in [0, 0.1) is 24.1 Å². The Morgan fingerprint density at radius 1 is 1.43 bits per heavy atom. The Balaban J connectivity index is 2.26. The van der Waals surface area contributed by atoms with Gasteiger partial charge in [0.2, 0.25) is 0 Å². The standard InChI is InChI=1S/C15H13FN4S/c1-8-5-10(16)3-4-11(8)13-12-9(6-17)7-18-14(12)20-15(19-13)21-2/h3-5,9H,7H2,1-2H3,(H,18,19,20). The molecule has 2 aromatic rings. The van der Waals surface area contributed by atoms with E-state index in [4.69, 9.17) is 0 Å². The van der Waals surface area contributed by atoms with Crippen molar-refractivity contribution in [3.8, 4) is 17.3 Å². The van der Waals surface area contributed by atoms with E-state index in [-0.39, 0.29) is 11.7 Å². The summed E-state index contributed by atoms with van der Waals surface area (Å²) in [5, 5.41) is 13.1. The minimum Gasteiger partial charge on any atom is -0.368 e. The smallest absolute Gasteiger partial charge is 0.189 e. The molecule has 0 spiro atoms. The van der Waals surface area contributed by atoms with Crippen molar-refractivity contribution in [3.05, 3.63) is 35.1 Å². The van der Waals surface area contributed by atoms with Gasteiger partial charge >= 0.3 is 0 Å². The summed E-state index contributed by atoms with van der Waals surface area (Å²) in [6.45, 7) is 2.38. The normalized spacial score (nSPS) is 16.2. The first-order chi connectivity index (χ1) is 10.1. The summed E-state index contributed by atoms with van der Waals surface area (Å²) >= 11 is 1.44. The number of halogens is 1. The molecular weight excluding hydrogens is 287 g/mol. The van der Waals surface area contributed by atoms with Gasteiger partial charge in [-0.1, -0.05) is 11.8 Å². The van der Waals surface area contributed by atoms with Crippen LogP contribution in [0.5, 0.6) is 0 Å². The number of aromatic nitrogens is 2. The molecule has 0 aliphatic carbocycles. The van der Waals surface area contributed by atoms with E-state index < -0.39 is 0 Å². The van der Waals surface area contributed by atoms with Gasteiger partial charge in [-0.3, -0.25) is 0 Å². The van der Waals surface area contributed by atoms with Crippen LogP contribution < -0.4 is 5.32 Å². The first-order valence-corrected chi connectivity index (χ1v) is 7.72. The molecule has 0 amide bonds. The molecule has 1 unspecified atom stereocenters. The van der Waals surface area contributed by atoms with E-state index in [0.717, 1.165) is 22.4 Å². The van der Waals surface area contributed by atoms with E-state index in [2.05, 4.69) is 21.4 Å². The first-order valence-electron chi connectivity index (χ1n) is 6.50. The second kappa shape index (κ2) is 5.34. The highest BCUT2D eigenvalue weighted by molar-refractivity contribution is 7.98. The first kappa shape index (κ1) is 13.8. The highest BCUT2D eigenvalue weighted by atomic mass is 32.2. The van der Waals surface area contributed by atoms with Crippen molar-refractivity contribution in [3.63, 3.8) is 0 Å². The van der Waals surface area contributed by atoms with Gasteiger partial charge in [0.1, 0.15) is 11.6 Å². The molecule has 1 aromatic carbocycles. The number of nitrogens with zero attached hydrogens (tertiary/aromatic N) is 3. The third-order valence-corrected chi connectivity index (χ3v) is 4.08. The van der Waals surface area contributed by atoms with E-state index in [9.17, 15) is 9.65 Å². The Labute approximate surface area is 126 Å². The maximum absolute atomic E-state index is 13.3. The Bertz CT molecular complexity index is 754. The second-order valence-electron chi connectivity index (χ2n) is 4.84. The van der Waals surface area contributed by atoms with Crippen LogP contribution in [0.4, 0.5) is 10.2 Å². The average Bonchev–Trinajstić information content (AvgIpc) is 2.89. The molecular formula is C15H13FN4S. The highest BCUT2D eigenvalue weighted by Gasteiger charge is 2.29. The van der Waals surface area contributed by atoms with E-state index in [1.54, 1.807) is 6.07 Å². The van der Waals surface area contributed by atoms with Gasteiger partial charge in [-0.25, -0.2) is 14.4 Å². The molecule has 0 fully saturated rings. The van der Waals surface area contributed by atoms with Crippen LogP contribution in [0.3, 0.4) is 0 Å². The van der Waals surface area contributed by atoms with Gasteiger partial charge in [-0.05, 0) is 36.9 Å². The third kappa shape index (κ3) is 2.34. The summed E-state index contributed by atoms with van der Waals surface area (Å²) < 4.78 is 13.3. The van der Waals surface area contributed by atoms with Crippen molar-refractivity contribution < 1.29 is 4.39 Å². The molecule has 1 atom stereocenters. The maximum atomic E-state index is 13.3. The van der Waals surface area contributed by atoms with E-state index >= 15 is 0 Å². The van der Waals surface area contributed by atoms with Crippen molar-refractivity contribution in [1.29, 1.82) is 5.26 Å². The Morgan fingerprint density at radius 2 is 2.24 bits per heavy atom. The number of rotatable bonds is 2. The van der Waals surface area contributed by atoms with Crippen LogP contribution >= 0.6 is 11.8 Å². The van der Waals surface area contributed by atoms with Crippen molar-refractivity contribution in [1.82, 2.24) is 9.97 Å². The lowest BCUT2D eigenvalue weighted by atomic mass is 9.96. The molecule has 1 aliphatic heterocycles. The average molecular weight is 300 g/mol. The molecule has 1 aromatic heterocycles. The molecule has 0 bridgehead atoms. The Kier molecular flexibility index (Phi) is 3.52. The highest BCUT2D eigenvalue weighted by Crippen LogP contribution is 2.39. The van der Waals surface area contributed by atoms with Gasteiger partial charge in [0.05, 0.1) is 17.7 Å². The van der Waals surface area contributed by atoms with E-state index in [1.807, 2.05) is 13.2 Å². The van der Waals surface area contributed by atoms with Crippen molar-refractivity contribution in [2.75, 3.05) is 18.1 Å². The predicted octanol–water partition coefficient (Wildman–Crippen LogP) is 3.35. The fraction of sp³-hybridized carbons (Fsp3) is 0.267. The van der Waals surface area contributed by atoms with Gasteiger partial charge < -0.3 is 5.32 Å². The molecule has 6 heteroatoms. The van der Waals surface area contributed by atoms with Gasteiger partial charge in [-0.15, -0.1) is 0 Å². The summed E-state index contributed by atoms with van der Waals surface area (Å²) in [6.07, 6.45) is 1.90. The van der Waals surface area contributed by atoms with Gasteiger partial charge in [0.15, 0.2) is 5.16 Å². The van der Waals surface area contributed by atoms with Gasteiger partial charge in [0, 0.05) is 17.7 Å². The number of aryl methyl sites for hydroxylation is 1. The minimum absolute atomic E-state index is 0.276. The number of hydrogen-bond donors (Lipinski definition) is 1. The molecule has 21 heavy (non-hydrogen) atoms. The molecule has 1 N–H and O–H groups in total. The lowest BCUT2D eigenvalue weighted by molar-refractivity contribution is 0.627. The van der Waals surface area contributed by atoms with E-state index in [0.29, 0.717) is 17.5 Å². The molecule has 106 valence electrons. The summed E-state index contributed by atoms with van der Waals surface area (Å²) in [5.41, 5.74) is 3.17. The van der Waals surface area contributed by atoms with Gasteiger partial charge in [0.25, 0.3) is 0 Å². The number of thioether (sulfide) groups is 1. The third-order valence-electron chi connectivity index (χ3n) is 3.53. The number of anilines is 1. The number of benzene rings is 1. The van der Waals surface area contributed by atoms with E-state index in [1.165, 1.54) is 23.9 Å². The molecule has 0 radical (unpaired) electrons. The van der Waals surface area contributed by atoms with Crippen LogP contribution in [0.15, 0.2) is 23.4 Å². The van der Waals surface area contributed by atoms with Crippen molar-refractivity contribution in [2.45, 2.75) is 18.0 Å². The van der Waals surface area contributed by atoms with Crippen molar-refractivity contribution >= 4 is 17.6 Å². The topological polar surface area (TPSA) is 61.6 Å². The molecule has 3 rings (SSSR count). The lowest BCUT2D eigenvalue weighted by Gasteiger charge is -2.12. The summed E-state index contributed by atoms with van der Waals surface area (Å²) in [5.74, 6) is 0.150. The number of fused-ring (bicyclic) bond motifs is 1. The Morgan fingerprint density at radius 3 is 2.90 bits per heavy atom. The monoisotopic (exact) mass is 300 g/mol. The minimum atomic E-state index is -0.282.